The summed E-state index contributed by atoms with van der Waals surface area (Å²) in [6.45, 7) is 0. The molecule has 0 radical (unpaired) electrons. The van der Waals surface area contributed by atoms with Crippen LogP contribution >= 0.6 is 0 Å². The number of methoxy groups -OCH3 is 1. The molecule has 0 aromatic heterocycles. The molecule has 0 amide bonds. The van der Waals surface area contributed by atoms with Crippen molar-refractivity contribution in [2.75, 3.05) is 7.11 Å². The first-order valence-electron chi connectivity index (χ1n) is 6.09. The summed E-state index contributed by atoms with van der Waals surface area (Å²) in [5.74, 6) is 0.0296. The van der Waals surface area contributed by atoms with Gasteiger partial charge in [0, 0.05) is 0 Å². The van der Waals surface area contributed by atoms with Crippen molar-refractivity contribution in [2.24, 2.45) is 5.92 Å². The van der Waals surface area contributed by atoms with Gasteiger partial charge in [0.2, 0.25) is 0 Å². The summed E-state index contributed by atoms with van der Waals surface area (Å²) in [5.41, 5.74) is 1.09. The minimum Gasteiger partial charge on any atom is -0.497 e. The van der Waals surface area contributed by atoms with Gasteiger partial charge in [-0.15, -0.1) is 0 Å². The highest BCUT2D eigenvalue weighted by Gasteiger charge is 2.31. The molecule has 1 aliphatic rings. The van der Waals surface area contributed by atoms with E-state index in [1.165, 1.54) is 0 Å². The monoisotopic (exact) mass is 234 g/mol. The molecule has 2 unspecified atom stereocenters. The Morgan fingerprint density at radius 3 is 2.82 bits per heavy atom. The van der Waals surface area contributed by atoms with Crippen molar-refractivity contribution in [3.05, 3.63) is 29.8 Å². The minimum absolute atomic E-state index is 0.136. The summed E-state index contributed by atoms with van der Waals surface area (Å²) < 4.78 is 5.19. The maximum atomic E-state index is 11.3. The van der Waals surface area contributed by atoms with Gasteiger partial charge in [-0.3, -0.25) is 4.79 Å². The van der Waals surface area contributed by atoms with Gasteiger partial charge in [0.15, 0.2) is 0 Å². The van der Waals surface area contributed by atoms with Gasteiger partial charge < -0.3 is 9.84 Å². The minimum atomic E-state index is -0.669. The van der Waals surface area contributed by atoms with Crippen molar-refractivity contribution in [3.8, 4) is 5.75 Å². The number of hydrogen-bond acceptors (Lipinski definition) is 2. The van der Waals surface area contributed by atoms with Crippen LogP contribution in [0.15, 0.2) is 24.3 Å². The molecular weight excluding hydrogens is 216 g/mol. The maximum Gasteiger partial charge on any atom is 0.307 e. The Bertz CT molecular complexity index is 400. The molecule has 2 atom stereocenters. The SMILES string of the molecule is COc1cccc(C2CCCCC2C(=O)O)c1. The molecule has 0 saturated heterocycles. The average Bonchev–Trinajstić information content (AvgIpc) is 2.39. The van der Waals surface area contributed by atoms with E-state index in [9.17, 15) is 9.90 Å². The summed E-state index contributed by atoms with van der Waals surface area (Å²) in [6.07, 6.45) is 3.89. The highest BCUT2D eigenvalue weighted by molar-refractivity contribution is 5.71. The molecule has 0 bridgehead atoms. The van der Waals surface area contributed by atoms with Crippen LogP contribution in [0, 0.1) is 5.92 Å². The van der Waals surface area contributed by atoms with Crippen LogP contribution in [0.3, 0.4) is 0 Å². The largest absolute Gasteiger partial charge is 0.497 e. The lowest BCUT2D eigenvalue weighted by molar-refractivity contribution is -0.143. The van der Waals surface area contributed by atoms with Crippen LogP contribution in [0.5, 0.6) is 5.75 Å². The zero-order valence-corrected chi connectivity index (χ0v) is 10.1. The highest BCUT2D eigenvalue weighted by atomic mass is 16.5. The van der Waals surface area contributed by atoms with Crippen molar-refractivity contribution in [1.82, 2.24) is 0 Å². The zero-order valence-electron chi connectivity index (χ0n) is 10.1. The molecule has 2 rings (SSSR count). The van der Waals surface area contributed by atoms with Gasteiger partial charge in [0.25, 0.3) is 0 Å². The van der Waals surface area contributed by atoms with Crippen molar-refractivity contribution in [3.63, 3.8) is 0 Å². The van der Waals surface area contributed by atoms with E-state index in [1.54, 1.807) is 7.11 Å². The molecule has 1 aromatic carbocycles. The van der Waals surface area contributed by atoms with Gasteiger partial charge in [-0.05, 0) is 36.5 Å². The zero-order chi connectivity index (χ0) is 12.3. The number of aliphatic carboxylic acids is 1. The number of benzene rings is 1. The summed E-state index contributed by atoms with van der Waals surface area (Å²) in [6, 6.07) is 7.80. The van der Waals surface area contributed by atoms with Crippen molar-refractivity contribution >= 4 is 5.97 Å². The van der Waals surface area contributed by atoms with E-state index in [2.05, 4.69) is 0 Å². The molecule has 1 fully saturated rings. The lowest BCUT2D eigenvalue weighted by Gasteiger charge is -2.29. The third-order valence-electron chi connectivity index (χ3n) is 3.61. The highest BCUT2D eigenvalue weighted by Crippen LogP contribution is 2.38. The lowest BCUT2D eigenvalue weighted by atomic mass is 9.75. The van der Waals surface area contributed by atoms with E-state index >= 15 is 0 Å². The molecule has 3 nitrogen and oxygen atoms in total. The van der Waals surface area contributed by atoms with Gasteiger partial charge in [0.1, 0.15) is 5.75 Å². The summed E-state index contributed by atoms with van der Waals surface area (Å²) in [7, 11) is 1.63. The van der Waals surface area contributed by atoms with Crippen molar-refractivity contribution in [1.29, 1.82) is 0 Å². The molecule has 1 N–H and O–H groups in total. The van der Waals surface area contributed by atoms with E-state index in [0.717, 1.165) is 37.0 Å². The van der Waals surface area contributed by atoms with Crippen LogP contribution in [-0.4, -0.2) is 18.2 Å². The molecule has 1 aliphatic carbocycles. The molecule has 17 heavy (non-hydrogen) atoms. The van der Waals surface area contributed by atoms with E-state index in [4.69, 9.17) is 4.74 Å². The number of carboxylic acid groups (broad SMARTS) is 1. The second-order valence-corrected chi connectivity index (χ2v) is 4.61. The summed E-state index contributed by atoms with van der Waals surface area (Å²) in [4.78, 5) is 11.3. The van der Waals surface area contributed by atoms with E-state index in [1.807, 2.05) is 24.3 Å². The predicted molar refractivity (Wildman–Crippen MR) is 65.3 cm³/mol. The predicted octanol–water partition coefficient (Wildman–Crippen LogP) is 3.05. The topological polar surface area (TPSA) is 46.5 Å². The fraction of sp³-hybridized carbons (Fsp3) is 0.500. The van der Waals surface area contributed by atoms with Gasteiger partial charge in [-0.2, -0.15) is 0 Å². The number of rotatable bonds is 3. The standard InChI is InChI=1S/C14H18O3/c1-17-11-6-4-5-10(9-11)12-7-2-3-8-13(12)14(15)16/h4-6,9,12-13H,2-3,7-8H2,1H3,(H,15,16). The van der Waals surface area contributed by atoms with E-state index in [-0.39, 0.29) is 11.8 Å². The first-order valence-corrected chi connectivity index (χ1v) is 6.09. The Kier molecular flexibility index (Phi) is 3.67. The fourth-order valence-electron chi connectivity index (χ4n) is 2.70. The third kappa shape index (κ3) is 2.60. The number of hydrogen-bond donors (Lipinski definition) is 1. The number of ether oxygens (including phenoxy) is 1. The van der Waals surface area contributed by atoms with E-state index < -0.39 is 5.97 Å². The lowest BCUT2D eigenvalue weighted by Crippen LogP contribution is -2.25. The molecule has 1 saturated carbocycles. The molecule has 0 aliphatic heterocycles. The maximum absolute atomic E-state index is 11.3. The van der Waals surface area contributed by atoms with Crippen LogP contribution in [-0.2, 0) is 4.79 Å². The fourth-order valence-corrected chi connectivity index (χ4v) is 2.70. The van der Waals surface area contributed by atoms with Gasteiger partial charge in [-0.1, -0.05) is 25.0 Å². The van der Waals surface area contributed by atoms with Gasteiger partial charge >= 0.3 is 5.97 Å². The Balaban J connectivity index is 2.26. The second-order valence-electron chi connectivity index (χ2n) is 4.61. The second kappa shape index (κ2) is 5.21. The van der Waals surface area contributed by atoms with Crippen molar-refractivity contribution < 1.29 is 14.6 Å². The molecule has 92 valence electrons. The molecule has 1 aromatic rings. The van der Waals surface area contributed by atoms with Gasteiger partial charge in [0.05, 0.1) is 13.0 Å². The van der Waals surface area contributed by atoms with E-state index in [0.29, 0.717) is 0 Å². The molecule has 0 spiro atoms. The summed E-state index contributed by atoms with van der Waals surface area (Å²) >= 11 is 0. The Labute approximate surface area is 101 Å². The number of carbonyl (C=O) groups is 1. The molecular formula is C14H18O3. The van der Waals surface area contributed by atoms with Crippen LogP contribution < -0.4 is 4.74 Å². The Morgan fingerprint density at radius 1 is 1.35 bits per heavy atom. The molecule has 3 heteroatoms. The normalized spacial score (nSPS) is 24.3. The Hall–Kier alpha value is -1.51. The smallest absolute Gasteiger partial charge is 0.307 e. The van der Waals surface area contributed by atoms with Crippen LogP contribution in [0.25, 0.3) is 0 Å². The first kappa shape index (κ1) is 12.0. The van der Waals surface area contributed by atoms with Crippen molar-refractivity contribution in [2.45, 2.75) is 31.6 Å². The van der Waals surface area contributed by atoms with Crippen LogP contribution in [0.4, 0.5) is 0 Å². The Morgan fingerprint density at radius 2 is 2.12 bits per heavy atom. The molecule has 0 heterocycles. The quantitative estimate of drug-likeness (QED) is 0.874. The first-order chi connectivity index (χ1) is 8.22. The number of carboxylic acids is 1. The third-order valence-corrected chi connectivity index (χ3v) is 3.61. The van der Waals surface area contributed by atoms with Crippen LogP contribution in [0.2, 0.25) is 0 Å². The van der Waals surface area contributed by atoms with Crippen LogP contribution in [0.1, 0.15) is 37.2 Å². The summed E-state index contributed by atoms with van der Waals surface area (Å²) in [5, 5.41) is 9.27. The average molecular weight is 234 g/mol. The van der Waals surface area contributed by atoms with Gasteiger partial charge in [-0.25, -0.2) is 0 Å².